The normalized spacial score (nSPS) is 22.4. The number of amides is 1. The van der Waals surface area contributed by atoms with Crippen molar-refractivity contribution in [1.29, 1.82) is 0 Å². The molecule has 1 fully saturated rings. The fraction of sp³-hybridized carbons (Fsp3) is 0.533. The van der Waals surface area contributed by atoms with Gasteiger partial charge in [0, 0.05) is 25.6 Å². The summed E-state index contributed by atoms with van der Waals surface area (Å²) in [5.74, 6) is 0.496. The minimum atomic E-state index is 0. The summed E-state index contributed by atoms with van der Waals surface area (Å²) >= 11 is 6.01. The predicted molar refractivity (Wildman–Crippen MR) is 90.1 cm³/mol. The van der Waals surface area contributed by atoms with Gasteiger partial charge in [-0.3, -0.25) is 4.79 Å². The number of nitrogens with one attached hydrogen (secondary N) is 1. The molecule has 2 atom stereocenters. The Labute approximate surface area is 137 Å². The second kappa shape index (κ2) is 8.59. The molecule has 1 aromatic rings. The van der Waals surface area contributed by atoms with Gasteiger partial charge in [0.2, 0.25) is 5.91 Å². The van der Waals surface area contributed by atoms with Crippen molar-refractivity contribution in [3.05, 3.63) is 29.3 Å². The van der Waals surface area contributed by atoms with Crippen LogP contribution < -0.4 is 11.1 Å². The monoisotopic (exact) mass is 331 g/mol. The van der Waals surface area contributed by atoms with Crippen LogP contribution >= 0.6 is 24.0 Å². The number of piperidine rings is 1. The van der Waals surface area contributed by atoms with Crippen LogP contribution in [0.15, 0.2) is 24.3 Å². The van der Waals surface area contributed by atoms with E-state index < -0.39 is 0 Å². The van der Waals surface area contributed by atoms with Crippen LogP contribution in [0.25, 0.3) is 0 Å². The van der Waals surface area contributed by atoms with Crippen molar-refractivity contribution in [3.8, 4) is 0 Å². The van der Waals surface area contributed by atoms with Gasteiger partial charge < -0.3 is 16.0 Å². The summed E-state index contributed by atoms with van der Waals surface area (Å²) in [5.41, 5.74) is 6.67. The average molecular weight is 332 g/mol. The van der Waals surface area contributed by atoms with E-state index >= 15 is 0 Å². The molecule has 0 spiro atoms. The van der Waals surface area contributed by atoms with Crippen LogP contribution in [-0.2, 0) is 4.79 Å². The maximum atomic E-state index is 11.9. The second-order valence-corrected chi connectivity index (χ2v) is 5.92. The number of halogens is 2. The summed E-state index contributed by atoms with van der Waals surface area (Å²) < 4.78 is 0. The molecule has 0 bridgehead atoms. The number of likely N-dealkylation sites (tertiary alicyclic amines) is 1. The maximum absolute atomic E-state index is 11.9. The number of hydrogen-bond donors (Lipinski definition) is 2. The van der Waals surface area contributed by atoms with E-state index in [2.05, 4.69) is 17.1 Å². The summed E-state index contributed by atoms with van der Waals surface area (Å²) in [5, 5.41) is 3.42. The first-order valence-electron chi connectivity index (χ1n) is 7.08. The van der Waals surface area contributed by atoms with Gasteiger partial charge in [0.05, 0.1) is 10.7 Å². The molecule has 0 aromatic heterocycles. The Kier molecular flexibility index (Phi) is 7.46. The Morgan fingerprint density at radius 3 is 2.86 bits per heavy atom. The molecule has 118 valence electrons. The highest BCUT2D eigenvalue weighted by Gasteiger charge is 2.23. The molecule has 1 amide bonds. The highest BCUT2D eigenvalue weighted by Crippen LogP contribution is 2.20. The SMILES string of the molecule is CC1CN(CCC(=O)Nc2ccccc2Cl)CCC1N.Cl. The Balaban J connectivity index is 0.00000220. The third kappa shape index (κ3) is 5.47. The highest BCUT2D eigenvalue weighted by molar-refractivity contribution is 6.33. The zero-order chi connectivity index (χ0) is 14.5. The van der Waals surface area contributed by atoms with E-state index in [1.54, 1.807) is 6.07 Å². The molecular formula is C15H23Cl2N3O. The summed E-state index contributed by atoms with van der Waals surface area (Å²) in [6, 6.07) is 7.57. The van der Waals surface area contributed by atoms with Gasteiger partial charge in [-0.15, -0.1) is 12.4 Å². The fourth-order valence-electron chi connectivity index (χ4n) is 2.49. The third-order valence-electron chi connectivity index (χ3n) is 3.86. The number of para-hydroxylation sites is 1. The molecule has 3 N–H and O–H groups in total. The molecule has 2 unspecified atom stereocenters. The van der Waals surface area contributed by atoms with Crippen LogP contribution in [0.3, 0.4) is 0 Å². The highest BCUT2D eigenvalue weighted by atomic mass is 35.5. The summed E-state index contributed by atoms with van der Waals surface area (Å²) in [6.45, 7) is 4.89. The van der Waals surface area contributed by atoms with Gasteiger partial charge in [0.15, 0.2) is 0 Å². The van der Waals surface area contributed by atoms with E-state index in [4.69, 9.17) is 17.3 Å². The lowest BCUT2D eigenvalue weighted by atomic mass is 9.95. The number of benzene rings is 1. The van der Waals surface area contributed by atoms with Gasteiger partial charge in [-0.1, -0.05) is 30.7 Å². The smallest absolute Gasteiger partial charge is 0.225 e. The van der Waals surface area contributed by atoms with Crippen molar-refractivity contribution in [2.45, 2.75) is 25.8 Å². The molecule has 21 heavy (non-hydrogen) atoms. The van der Waals surface area contributed by atoms with E-state index in [9.17, 15) is 4.79 Å². The molecular weight excluding hydrogens is 309 g/mol. The number of nitrogens with two attached hydrogens (primary N) is 1. The van der Waals surface area contributed by atoms with Gasteiger partial charge in [0.25, 0.3) is 0 Å². The zero-order valence-electron chi connectivity index (χ0n) is 12.2. The van der Waals surface area contributed by atoms with E-state index in [0.717, 1.165) is 26.1 Å². The van der Waals surface area contributed by atoms with Crippen molar-refractivity contribution in [3.63, 3.8) is 0 Å². The lowest BCUT2D eigenvalue weighted by Gasteiger charge is -2.34. The Morgan fingerprint density at radius 2 is 2.19 bits per heavy atom. The minimum absolute atomic E-state index is 0. The molecule has 1 heterocycles. The van der Waals surface area contributed by atoms with Crippen LogP contribution in [0.2, 0.25) is 5.02 Å². The second-order valence-electron chi connectivity index (χ2n) is 5.51. The molecule has 6 heteroatoms. The van der Waals surface area contributed by atoms with Gasteiger partial charge in [-0.05, 0) is 31.0 Å². The zero-order valence-corrected chi connectivity index (χ0v) is 13.8. The lowest BCUT2D eigenvalue weighted by molar-refractivity contribution is -0.116. The van der Waals surface area contributed by atoms with Crippen molar-refractivity contribution in [2.75, 3.05) is 25.0 Å². The first-order chi connectivity index (χ1) is 9.56. The number of rotatable bonds is 4. The lowest BCUT2D eigenvalue weighted by Crippen LogP contribution is -2.46. The molecule has 1 aromatic carbocycles. The number of nitrogens with zero attached hydrogens (tertiary/aromatic N) is 1. The molecule has 1 saturated heterocycles. The van der Waals surface area contributed by atoms with E-state index in [1.807, 2.05) is 18.2 Å². The number of carbonyl (C=O) groups excluding carboxylic acids is 1. The third-order valence-corrected chi connectivity index (χ3v) is 4.19. The molecule has 0 saturated carbocycles. The molecule has 0 aliphatic carbocycles. The molecule has 1 aliphatic rings. The standard InChI is InChI=1S/C15H22ClN3O.ClH/c1-11-10-19(8-6-13(11)17)9-7-15(20)18-14-5-3-2-4-12(14)16;/h2-5,11,13H,6-10,17H2,1H3,(H,18,20);1H. The van der Waals surface area contributed by atoms with Gasteiger partial charge in [-0.2, -0.15) is 0 Å². The molecule has 1 aliphatic heterocycles. The molecule has 0 radical (unpaired) electrons. The molecule has 4 nitrogen and oxygen atoms in total. The van der Waals surface area contributed by atoms with Crippen LogP contribution in [0.4, 0.5) is 5.69 Å². The van der Waals surface area contributed by atoms with Crippen molar-refractivity contribution in [2.24, 2.45) is 11.7 Å². The summed E-state index contributed by atoms with van der Waals surface area (Å²) in [7, 11) is 0. The predicted octanol–water partition coefficient (Wildman–Crippen LogP) is 2.76. The Morgan fingerprint density at radius 1 is 1.48 bits per heavy atom. The van der Waals surface area contributed by atoms with Gasteiger partial charge in [0.1, 0.15) is 0 Å². The van der Waals surface area contributed by atoms with Gasteiger partial charge >= 0.3 is 0 Å². The average Bonchev–Trinajstić information content (AvgIpc) is 2.43. The topological polar surface area (TPSA) is 58.4 Å². The van der Waals surface area contributed by atoms with Crippen LogP contribution in [0.5, 0.6) is 0 Å². The number of hydrogen-bond acceptors (Lipinski definition) is 3. The van der Waals surface area contributed by atoms with E-state index in [1.165, 1.54) is 0 Å². The van der Waals surface area contributed by atoms with Gasteiger partial charge in [-0.25, -0.2) is 0 Å². The quantitative estimate of drug-likeness (QED) is 0.891. The fourth-order valence-corrected chi connectivity index (χ4v) is 2.67. The van der Waals surface area contributed by atoms with E-state index in [0.29, 0.717) is 29.1 Å². The minimum Gasteiger partial charge on any atom is -0.327 e. The maximum Gasteiger partial charge on any atom is 0.225 e. The Hall–Kier alpha value is -0.810. The van der Waals surface area contributed by atoms with E-state index in [-0.39, 0.29) is 18.3 Å². The van der Waals surface area contributed by atoms with Crippen molar-refractivity contribution < 1.29 is 4.79 Å². The van der Waals surface area contributed by atoms with Crippen molar-refractivity contribution in [1.82, 2.24) is 4.90 Å². The first-order valence-corrected chi connectivity index (χ1v) is 7.46. The Bertz CT molecular complexity index is 470. The van der Waals surface area contributed by atoms with Crippen LogP contribution in [0, 0.1) is 5.92 Å². The largest absolute Gasteiger partial charge is 0.327 e. The summed E-state index contributed by atoms with van der Waals surface area (Å²) in [4.78, 5) is 14.2. The number of carbonyl (C=O) groups is 1. The van der Waals surface area contributed by atoms with Crippen LogP contribution in [-0.4, -0.2) is 36.5 Å². The van der Waals surface area contributed by atoms with Crippen LogP contribution in [0.1, 0.15) is 19.8 Å². The molecule has 2 rings (SSSR count). The van der Waals surface area contributed by atoms with Crippen molar-refractivity contribution >= 4 is 35.6 Å². The first kappa shape index (κ1) is 18.2. The number of anilines is 1. The summed E-state index contributed by atoms with van der Waals surface area (Å²) in [6.07, 6.45) is 1.49.